The topological polar surface area (TPSA) is 24.5 Å². The number of nitrogens with zero attached hydrogens (tertiary/aromatic N) is 1. The Bertz CT molecular complexity index is 951. The molecule has 4 rings (SSSR count). The number of thiocarbonyl (C=S) groups is 1. The third-order valence-electron chi connectivity index (χ3n) is 4.75. The minimum absolute atomic E-state index is 0.194. The first-order valence-electron chi connectivity index (χ1n) is 8.04. The molecule has 2 aliphatic heterocycles. The molecule has 142 valence electrons. The molecular formula is C18H13ClF4N2OS. The Morgan fingerprint density at radius 1 is 1.26 bits per heavy atom. The second-order valence-electron chi connectivity index (χ2n) is 6.66. The van der Waals surface area contributed by atoms with E-state index in [1.807, 2.05) is 0 Å². The Kier molecular flexibility index (Phi) is 4.05. The van der Waals surface area contributed by atoms with Gasteiger partial charge in [-0.05, 0) is 55.5 Å². The predicted octanol–water partition coefficient (Wildman–Crippen LogP) is 5.43. The van der Waals surface area contributed by atoms with E-state index >= 15 is 0 Å². The first kappa shape index (κ1) is 18.3. The Labute approximate surface area is 162 Å². The third-order valence-corrected chi connectivity index (χ3v) is 5.38. The summed E-state index contributed by atoms with van der Waals surface area (Å²) in [6, 6.07) is 7.44. The molecule has 2 heterocycles. The number of benzene rings is 2. The summed E-state index contributed by atoms with van der Waals surface area (Å²) in [5, 5.41) is 2.87. The van der Waals surface area contributed by atoms with Crippen LogP contribution in [0.15, 0.2) is 36.4 Å². The molecule has 1 N–H and O–H groups in total. The number of anilines is 1. The van der Waals surface area contributed by atoms with Gasteiger partial charge in [0, 0.05) is 17.7 Å². The summed E-state index contributed by atoms with van der Waals surface area (Å²) in [4.78, 5) is 1.50. The van der Waals surface area contributed by atoms with E-state index < -0.39 is 28.3 Å². The van der Waals surface area contributed by atoms with Gasteiger partial charge in [-0.3, -0.25) is 4.90 Å². The highest BCUT2D eigenvalue weighted by molar-refractivity contribution is 7.80. The molecule has 9 heteroatoms. The van der Waals surface area contributed by atoms with E-state index in [2.05, 4.69) is 5.32 Å². The van der Waals surface area contributed by atoms with E-state index in [-0.39, 0.29) is 16.8 Å². The van der Waals surface area contributed by atoms with Gasteiger partial charge >= 0.3 is 6.18 Å². The number of halogens is 5. The van der Waals surface area contributed by atoms with Gasteiger partial charge in [0.15, 0.2) is 10.8 Å². The van der Waals surface area contributed by atoms with Crippen LogP contribution in [0.3, 0.4) is 0 Å². The van der Waals surface area contributed by atoms with Crippen LogP contribution in [0.5, 0.6) is 5.75 Å². The van der Waals surface area contributed by atoms with Gasteiger partial charge in [0.2, 0.25) is 0 Å². The number of hydrogen-bond acceptors (Lipinski definition) is 2. The van der Waals surface area contributed by atoms with E-state index in [1.54, 1.807) is 6.92 Å². The molecule has 1 fully saturated rings. The molecule has 0 spiro atoms. The number of ether oxygens (including phenoxy) is 1. The lowest BCUT2D eigenvalue weighted by Gasteiger charge is -2.52. The largest absolute Gasteiger partial charge is 0.467 e. The fourth-order valence-corrected chi connectivity index (χ4v) is 4.27. The van der Waals surface area contributed by atoms with Crippen molar-refractivity contribution in [2.45, 2.75) is 31.3 Å². The van der Waals surface area contributed by atoms with E-state index in [0.29, 0.717) is 17.7 Å². The van der Waals surface area contributed by atoms with E-state index in [4.69, 9.17) is 28.6 Å². The van der Waals surface area contributed by atoms with Gasteiger partial charge in [-0.15, -0.1) is 0 Å². The molecule has 3 nitrogen and oxygen atoms in total. The molecule has 0 aromatic heterocycles. The smallest absolute Gasteiger partial charge is 0.417 e. The molecule has 2 aromatic carbocycles. The zero-order valence-corrected chi connectivity index (χ0v) is 15.5. The lowest BCUT2D eigenvalue weighted by molar-refractivity contribution is -0.137. The molecule has 27 heavy (non-hydrogen) atoms. The van der Waals surface area contributed by atoms with Crippen molar-refractivity contribution in [3.05, 3.63) is 58.4 Å². The van der Waals surface area contributed by atoms with Gasteiger partial charge in [0.05, 0.1) is 16.6 Å². The molecule has 0 aliphatic carbocycles. The molecule has 0 saturated carbocycles. The molecule has 1 saturated heterocycles. The van der Waals surface area contributed by atoms with Crippen molar-refractivity contribution in [3.8, 4) is 5.75 Å². The quantitative estimate of drug-likeness (QED) is 0.494. The number of rotatable bonds is 1. The highest BCUT2D eigenvalue weighted by Crippen LogP contribution is 2.47. The average molecular weight is 417 g/mol. The molecule has 2 atom stereocenters. The van der Waals surface area contributed by atoms with Crippen molar-refractivity contribution in [2.75, 3.05) is 4.90 Å². The summed E-state index contributed by atoms with van der Waals surface area (Å²) in [6.45, 7) is 1.74. The maximum Gasteiger partial charge on any atom is 0.417 e. The zero-order valence-electron chi connectivity index (χ0n) is 13.9. The van der Waals surface area contributed by atoms with Crippen LogP contribution < -0.4 is 15.0 Å². The maximum atomic E-state index is 13.6. The number of fused-ring (bicyclic) bond motifs is 4. The Morgan fingerprint density at radius 2 is 2.00 bits per heavy atom. The lowest BCUT2D eigenvalue weighted by Crippen LogP contribution is -2.65. The molecule has 2 bridgehead atoms. The fourth-order valence-electron chi connectivity index (χ4n) is 3.61. The fraction of sp³-hybridized carbons (Fsp3) is 0.278. The van der Waals surface area contributed by atoms with Crippen molar-refractivity contribution in [1.82, 2.24) is 5.32 Å². The second-order valence-corrected chi connectivity index (χ2v) is 7.46. The minimum Gasteiger partial charge on any atom is -0.467 e. The van der Waals surface area contributed by atoms with Gasteiger partial charge in [-0.1, -0.05) is 11.6 Å². The Morgan fingerprint density at radius 3 is 2.70 bits per heavy atom. The summed E-state index contributed by atoms with van der Waals surface area (Å²) in [6.07, 6.45) is -4.23. The average Bonchev–Trinajstić information content (AvgIpc) is 2.55. The predicted molar refractivity (Wildman–Crippen MR) is 97.5 cm³/mol. The molecular weight excluding hydrogens is 404 g/mol. The standard InChI is InChI=1S/C18H13ClF4N2OS/c1-17-8-14(11-6-9(20)2-5-15(11)26-17)24-16(27)25(17)10-3-4-13(19)12(7-10)18(21,22)23/h2-7,14H,8H2,1H3,(H,24,27). The van der Waals surface area contributed by atoms with Crippen LogP contribution in [0.25, 0.3) is 0 Å². The molecule has 2 aromatic rings. The van der Waals surface area contributed by atoms with E-state index in [1.165, 1.54) is 35.2 Å². The van der Waals surface area contributed by atoms with Gasteiger partial charge in [-0.25, -0.2) is 4.39 Å². The summed E-state index contributed by atoms with van der Waals surface area (Å²) in [5.74, 6) is 0.0591. The van der Waals surface area contributed by atoms with Crippen molar-refractivity contribution < 1.29 is 22.3 Å². The van der Waals surface area contributed by atoms with Crippen LogP contribution in [0.4, 0.5) is 23.2 Å². The highest BCUT2D eigenvalue weighted by atomic mass is 35.5. The van der Waals surface area contributed by atoms with Crippen LogP contribution in [-0.2, 0) is 6.18 Å². The van der Waals surface area contributed by atoms with Crippen LogP contribution in [0, 0.1) is 5.82 Å². The van der Waals surface area contributed by atoms with Crippen LogP contribution in [-0.4, -0.2) is 10.8 Å². The van der Waals surface area contributed by atoms with Gasteiger partial charge in [0.25, 0.3) is 0 Å². The van der Waals surface area contributed by atoms with Crippen LogP contribution >= 0.6 is 23.8 Å². The molecule has 0 radical (unpaired) electrons. The van der Waals surface area contributed by atoms with Gasteiger partial charge in [0.1, 0.15) is 11.6 Å². The van der Waals surface area contributed by atoms with Crippen LogP contribution in [0.1, 0.15) is 30.5 Å². The van der Waals surface area contributed by atoms with Crippen LogP contribution in [0.2, 0.25) is 5.02 Å². The normalized spacial score (nSPS) is 24.1. The summed E-state index contributed by atoms with van der Waals surface area (Å²) < 4.78 is 59.4. The zero-order chi connectivity index (χ0) is 19.6. The third kappa shape index (κ3) is 3.00. The Balaban J connectivity index is 1.80. The van der Waals surface area contributed by atoms with Crippen molar-refractivity contribution in [3.63, 3.8) is 0 Å². The number of hydrogen-bond donors (Lipinski definition) is 1. The van der Waals surface area contributed by atoms with Crippen molar-refractivity contribution >= 4 is 34.6 Å². The van der Waals surface area contributed by atoms with Gasteiger partial charge in [-0.2, -0.15) is 13.2 Å². The summed E-state index contributed by atoms with van der Waals surface area (Å²) in [5.41, 5.74) is -1.15. The maximum absolute atomic E-state index is 13.6. The number of nitrogens with one attached hydrogen (secondary N) is 1. The SMILES string of the molecule is CC12CC(NC(=S)N1c1ccc(Cl)c(C(F)(F)F)c1)c1cc(F)ccc1O2. The minimum atomic E-state index is -4.60. The first-order chi connectivity index (χ1) is 12.6. The molecule has 2 aliphatic rings. The second kappa shape index (κ2) is 5.97. The lowest BCUT2D eigenvalue weighted by atomic mass is 9.90. The highest BCUT2D eigenvalue weighted by Gasteiger charge is 2.49. The van der Waals surface area contributed by atoms with E-state index in [0.717, 1.165) is 6.07 Å². The van der Waals surface area contributed by atoms with E-state index in [9.17, 15) is 17.6 Å². The number of alkyl halides is 3. The monoisotopic (exact) mass is 416 g/mol. The molecule has 2 unspecified atom stereocenters. The van der Waals surface area contributed by atoms with Crippen molar-refractivity contribution in [2.24, 2.45) is 0 Å². The van der Waals surface area contributed by atoms with Crippen molar-refractivity contribution in [1.29, 1.82) is 0 Å². The summed E-state index contributed by atoms with van der Waals surface area (Å²) >= 11 is 11.1. The summed E-state index contributed by atoms with van der Waals surface area (Å²) in [7, 11) is 0. The molecule has 0 amide bonds. The first-order valence-corrected chi connectivity index (χ1v) is 8.83. The Hall–Kier alpha value is -2.06. The van der Waals surface area contributed by atoms with Gasteiger partial charge < -0.3 is 10.1 Å².